The van der Waals surface area contributed by atoms with Gasteiger partial charge in [-0.05, 0) is 60.0 Å². The van der Waals surface area contributed by atoms with Crippen molar-refractivity contribution in [2.24, 2.45) is 0 Å². The van der Waals surface area contributed by atoms with Crippen LogP contribution in [0.2, 0.25) is 0 Å². The van der Waals surface area contributed by atoms with Gasteiger partial charge in [0.25, 0.3) is 0 Å². The van der Waals surface area contributed by atoms with E-state index >= 15 is 0 Å². The second-order valence-electron chi connectivity index (χ2n) is 9.07. The van der Waals surface area contributed by atoms with Gasteiger partial charge in [0.2, 0.25) is 11.8 Å². The first-order valence-corrected chi connectivity index (χ1v) is 12.0. The Morgan fingerprint density at radius 1 is 0.972 bits per heavy atom. The smallest absolute Gasteiger partial charge is 0.228 e. The Morgan fingerprint density at radius 2 is 1.69 bits per heavy atom. The lowest BCUT2D eigenvalue weighted by Gasteiger charge is -2.37. The van der Waals surface area contributed by atoms with Crippen LogP contribution in [0.25, 0.3) is 0 Å². The van der Waals surface area contributed by atoms with E-state index in [1.165, 1.54) is 0 Å². The number of amides is 2. The van der Waals surface area contributed by atoms with E-state index in [0.29, 0.717) is 24.4 Å². The van der Waals surface area contributed by atoms with Crippen LogP contribution in [0.5, 0.6) is 5.75 Å². The van der Waals surface area contributed by atoms with Crippen molar-refractivity contribution in [3.8, 4) is 5.75 Å². The molecule has 36 heavy (non-hydrogen) atoms. The van der Waals surface area contributed by atoms with E-state index in [4.69, 9.17) is 9.47 Å². The Kier molecular flexibility index (Phi) is 7.20. The molecule has 1 fully saturated rings. The van der Waals surface area contributed by atoms with Gasteiger partial charge in [-0.15, -0.1) is 0 Å². The topological polar surface area (TPSA) is 123 Å². The molecule has 9 nitrogen and oxygen atoms in total. The van der Waals surface area contributed by atoms with Crippen LogP contribution in [0.3, 0.4) is 0 Å². The summed E-state index contributed by atoms with van der Waals surface area (Å²) in [4.78, 5) is 33.1. The number of hydrogen-bond donors (Lipinski definition) is 3. The summed E-state index contributed by atoms with van der Waals surface area (Å²) in [5.41, 5.74) is 3.47. The number of aromatic nitrogens is 2. The maximum absolute atomic E-state index is 12.6. The molecule has 3 aromatic rings. The van der Waals surface area contributed by atoms with Crippen molar-refractivity contribution in [3.63, 3.8) is 0 Å². The molecule has 2 aliphatic heterocycles. The molecule has 0 saturated carbocycles. The number of aliphatic hydroxyl groups is 1. The molecule has 4 atom stereocenters. The highest BCUT2D eigenvalue weighted by molar-refractivity contribution is 5.92. The third-order valence-corrected chi connectivity index (χ3v) is 6.55. The van der Waals surface area contributed by atoms with E-state index in [1.807, 2.05) is 36.4 Å². The molecule has 0 bridgehead atoms. The fourth-order valence-corrected chi connectivity index (χ4v) is 4.84. The molecule has 0 radical (unpaired) electrons. The number of aliphatic hydroxyl groups excluding tert-OH is 1. The number of anilines is 1. The zero-order valence-electron chi connectivity index (χ0n) is 19.7. The van der Waals surface area contributed by atoms with Crippen molar-refractivity contribution < 1.29 is 24.2 Å². The van der Waals surface area contributed by atoms with E-state index in [0.717, 1.165) is 16.7 Å². The maximum Gasteiger partial charge on any atom is 0.228 e. The Labute approximate surface area is 208 Å². The lowest BCUT2D eigenvalue weighted by Crippen LogP contribution is -2.47. The van der Waals surface area contributed by atoms with Crippen molar-refractivity contribution in [2.75, 3.05) is 11.9 Å². The number of fused-ring (bicyclic) bond motifs is 3. The normalized spacial score (nSPS) is 22.1. The average molecular weight is 489 g/mol. The quantitative estimate of drug-likeness (QED) is 0.445. The Morgan fingerprint density at radius 3 is 2.42 bits per heavy atom. The standard InChI is InChI=1S/C27H28N4O5/c32-16-24-27-22(13-20(35-24)14-25(33)30-15-18-5-9-29-10-6-18)21-12-19(1-2-23(21)36-27)31-26(34)11-17-3-7-28-8-4-17/h1-10,12,20,22,24,27,32H,11,13-16H2,(H,30,33)(H,31,34)/t20-,22+,24-,27-/m1/s1. The van der Waals surface area contributed by atoms with E-state index in [2.05, 4.69) is 20.6 Å². The zero-order chi connectivity index (χ0) is 24.9. The van der Waals surface area contributed by atoms with Crippen molar-refractivity contribution >= 4 is 17.5 Å². The fraction of sp³-hybridized carbons (Fsp3) is 0.333. The van der Waals surface area contributed by atoms with E-state index < -0.39 is 6.10 Å². The first-order valence-electron chi connectivity index (χ1n) is 12.0. The van der Waals surface area contributed by atoms with Crippen molar-refractivity contribution in [1.82, 2.24) is 15.3 Å². The molecule has 186 valence electrons. The highest BCUT2D eigenvalue weighted by Crippen LogP contribution is 2.47. The van der Waals surface area contributed by atoms with E-state index in [9.17, 15) is 14.7 Å². The summed E-state index contributed by atoms with van der Waals surface area (Å²) in [6.07, 6.45) is 6.45. The third-order valence-electron chi connectivity index (χ3n) is 6.55. The molecule has 2 aromatic heterocycles. The SMILES string of the molecule is O=C(C[C@H]1C[C@H]2c3cc(NC(=O)Cc4ccncc4)ccc3O[C@H]2[C@@H](CO)O1)NCc1ccncc1. The van der Waals surface area contributed by atoms with Gasteiger partial charge in [0.1, 0.15) is 18.0 Å². The van der Waals surface area contributed by atoms with Crippen LogP contribution >= 0.6 is 0 Å². The van der Waals surface area contributed by atoms with Gasteiger partial charge in [0.05, 0.1) is 25.6 Å². The number of hydrogen-bond acceptors (Lipinski definition) is 7. The summed E-state index contributed by atoms with van der Waals surface area (Å²) in [6.45, 7) is 0.206. The molecule has 2 amide bonds. The van der Waals surface area contributed by atoms with Crippen LogP contribution in [0.1, 0.15) is 35.4 Å². The van der Waals surface area contributed by atoms with Crippen LogP contribution in [-0.2, 0) is 27.3 Å². The van der Waals surface area contributed by atoms with Gasteiger partial charge in [0.15, 0.2) is 0 Å². The van der Waals surface area contributed by atoms with Crippen molar-refractivity contribution in [3.05, 3.63) is 83.9 Å². The minimum Gasteiger partial charge on any atom is -0.487 e. The second-order valence-corrected chi connectivity index (χ2v) is 9.07. The van der Waals surface area contributed by atoms with Crippen LogP contribution in [0.15, 0.2) is 67.3 Å². The largest absolute Gasteiger partial charge is 0.487 e. The molecule has 0 unspecified atom stereocenters. The molecular formula is C27H28N4O5. The van der Waals surface area contributed by atoms with Crippen molar-refractivity contribution in [1.29, 1.82) is 0 Å². The molecule has 9 heteroatoms. The summed E-state index contributed by atoms with van der Waals surface area (Å²) in [5, 5.41) is 15.8. The predicted molar refractivity (Wildman–Crippen MR) is 131 cm³/mol. The van der Waals surface area contributed by atoms with E-state index in [1.54, 1.807) is 30.9 Å². The molecule has 1 aromatic carbocycles. The number of pyridine rings is 2. The van der Waals surface area contributed by atoms with Gasteiger partial charge in [-0.1, -0.05) is 0 Å². The van der Waals surface area contributed by atoms with E-state index in [-0.39, 0.29) is 49.4 Å². The summed E-state index contributed by atoms with van der Waals surface area (Å²) in [7, 11) is 0. The number of nitrogens with one attached hydrogen (secondary N) is 2. The summed E-state index contributed by atoms with van der Waals surface area (Å²) in [5.74, 6) is 0.409. The molecular weight excluding hydrogens is 460 g/mol. The number of benzene rings is 1. The van der Waals surface area contributed by atoms with Crippen LogP contribution < -0.4 is 15.4 Å². The first-order chi connectivity index (χ1) is 17.6. The van der Waals surface area contributed by atoms with Crippen molar-refractivity contribution in [2.45, 2.75) is 50.0 Å². The molecule has 5 rings (SSSR count). The average Bonchev–Trinajstić information content (AvgIpc) is 3.26. The third kappa shape index (κ3) is 5.53. The lowest BCUT2D eigenvalue weighted by molar-refractivity contribution is -0.142. The molecule has 3 N–H and O–H groups in total. The second kappa shape index (κ2) is 10.8. The van der Waals surface area contributed by atoms with Gasteiger partial charge in [-0.2, -0.15) is 0 Å². The number of ether oxygens (including phenoxy) is 2. The Hall–Kier alpha value is -3.82. The Balaban J connectivity index is 1.24. The number of carbonyl (C=O) groups is 2. The van der Waals surface area contributed by atoms with Gasteiger partial charge in [0, 0.05) is 48.5 Å². The fourth-order valence-electron chi connectivity index (χ4n) is 4.84. The number of carbonyl (C=O) groups excluding carboxylic acids is 2. The van der Waals surface area contributed by atoms with Crippen LogP contribution in [-0.4, -0.2) is 51.8 Å². The highest BCUT2D eigenvalue weighted by atomic mass is 16.6. The minimum atomic E-state index is -0.543. The summed E-state index contributed by atoms with van der Waals surface area (Å²) < 4.78 is 12.2. The number of rotatable bonds is 8. The van der Waals surface area contributed by atoms with Gasteiger partial charge >= 0.3 is 0 Å². The zero-order valence-corrected chi connectivity index (χ0v) is 19.7. The molecule has 1 saturated heterocycles. The van der Waals surface area contributed by atoms with Crippen LogP contribution in [0.4, 0.5) is 5.69 Å². The molecule has 2 aliphatic rings. The number of nitrogens with zero attached hydrogens (tertiary/aromatic N) is 2. The molecule has 0 aliphatic carbocycles. The Bertz CT molecular complexity index is 1210. The van der Waals surface area contributed by atoms with Gasteiger partial charge in [-0.25, -0.2) is 0 Å². The maximum atomic E-state index is 12.6. The van der Waals surface area contributed by atoms with Gasteiger partial charge in [-0.3, -0.25) is 19.6 Å². The monoisotopic (exact) mass is 488 g/mol. The molecule has 0 spiro atoms. The molecule has 4 heterocycles. The highest BCUT2D eigenvalue weighted by Gasteiger charge is 2.46. The van der Waals surface area contributed by atoms with Crippen LogP contribution in [0, 0.1) is 0 Å². The predicted octanol–water partition coefficient (Wildman–Crippen LogP) is 2.36. The minimum absolute atomic E-state index is 0.0547. The summed E-state index contributed by atoms with van der Waals surface area (Å²) >= 11 is 0. The summed E-state index contributed by atoms with van der Waals surface area (Å²) in [6, 6.07) is 12.9. The van der Waals surface area contributed by atoms with Gasteiger partial charge < -0.3 is 25.2 Å². The lowest BCUT2D eigenvalue weighted by atomic mass is 9.84. The first kappa shape index (κ1) is 23.9.